The minimum absolute atomic E-state index is 0.225. The van der Waals surface area contributed by atoms with Gasteiger partial charge in [-0.15, -0.1) is 0 Å². The van der Waals surface area contributed by atoms with Gasteiger partial charge in [-0.25, -0.2) is 4.39 Å². The highest BCUT2D eigenvalue weighted by Crippen LogP contribution is 2.26. The maximum atomic E-state index is 13.7. The van der Waals surface area contributed by atoms with Gasteiger partial charge < -0.3 is 15.6 Å². The first-order valence-electron chi connectivity index (χ1n) is 7.13. The van der Waals surface area contributed by atoms with Crippen LogP contribution in [0.25, 0.3) is 10.9 Å². The van der Waals surface area contributed by atoms with Crippen LogP contribution in [0.2, 0.25) is 0 Å². The molecule has 0 aliphatic heterocycles. The van der Waals surface area contributed by atoms with Crippen molar-refractivity contribution in [2.24, 2.45) is 0 Å². The highest BCUT2D eigenvalue weighted by Gasteiger charge is 2.11. The first-order valence-corrected chi connectivity index (χ1v) is 7.54. The van der Waals surface area contributed by atoms with E-state index < -0.39 is 6.17 Å². The Hall–Kier alpha value is -2.02. The third kappa shape index (κ3) is 5.28. The van der Waals surface area contributed by atoms with E-state index in [4.69, 9.17) is 12.2 Å². The summed E-state index contributed by atoms with van der Waals surface area (Å²) in [6.07, 6.45) is -1.22. The number of anilines is 1. The fraction of sp³-hybridized carbons (Fsp3) is 0.375. The monoisotopic (exact) mass is 341 g/mol. The number of nitrogens with one attached hydrogen (secondary N) is 3. The predicted octanol–water partition coefficient (Wildman–Crippen LogP) is 3.84. The van der Waals surface area contributed by atoms with Crippen LogP contribution in [0.5, 0.6) is 0 Å². The second kappa shape index (κ2) is 8.57. The van der Waals surface area contributed by atoms with E-state index in [1.165, 1.54) is 13.0 Å². The zero-order chi connectivity index (χ0) is 17.6. The van der Waals surface area contributed by atoms with Crippen LogP contribution in [0, 0.1) is 0 Å². The van der Waals surface area contributed by atoms with Gasteiger partial charge in [0.05, 0.1) is 7.18 Å². The molecule has 0 bridgehead atoms. The molecule has 0 aliphatic carbocycles. The summed E-state index contributed by atoms with van der Waals surface area (Å²) in [4.78, 5) is 14.2. The molecule has 0 aliphatic rings. The molecule has 1 atom stereocenters. The molecule has 0 saturated heterocycles. The van der Waals surface area contributed by atoms with Gasteiger partial charge >= 0.3 is 0 Å². The lowest BCUT2D eigenvalue weighted by Crippen LogP contribution is -2.33. The van der Waals surface area contributed by atoms with Gasteiger partial charge in [0.25, 0.3) is 0 Å². The molecular formula is C16H21F2N3OS. The van der Waals surface area contributed by atoms with Crippen molar-refractivity contribution in [3.8, 4) is 0 Å². The Morgan fingerprint density at radius 1 is 1.22 bits per heavy atom. The average Bonchev–Trinajstić information content (AvgIpc) is 2.47. The number of fused-ring (bicyclic) bond motifs is 1. The van der Waals surface area contributed by atoms with Crippen LogP contribution in [0.4, 0.5) is 14.5 Å². The molecule has 7 heteroatoms. The van der Waals surface area contributed by atoms with E-state index in [2.05, 4.69) is 15.6 Å². The molecule has 2 aromatic rings. The number of aromatic amines is 1. The number of halogens is 2. The van der Waals surface area contributed by atoms with Crippen molar-refractivity contribution in [1.82, 2.24) is 10.3 Å². The SMILES string of the molecule is CC(C)NC(=S)Nc1ccc2[nH]c(=O)cc(C(C)F)c2c1.CF. The molecule has 1 aromatic heterocycles. The predicted molar refractivity (Wildman–Crippen MR) is 95.6 cm³/mol. The zero-order valence-corrected chi connectivity index (χ0v) is 14.4. The van der Waals surface area contributed by atoms with Gasteiger partial charge in [-0.1, -0.05) is 0 Å². The van der Waals surface area contributed by atoms with E-state index >= 15 is 0 Å². The molecule has 1 aromatic carbocycles. The summed E-state index contributed by atoms with van der Waals surface area (Å²) in [7, 11) is 0.500. The molecule has 0 amide bonds. The number of H-pyrrole nitrogens is 1. The Kier molecular flexibility index (Phi) is 7.09. The Morgan fingerprint density at radius 2 is 1.87 bits per heavy atom. The van der Waals surface area contributed by atoms with Crippen molar-refractivity contribution in [3.05, 3.63) is 40.2 Å². The third-order valence-corrected chi connectivity index (χ3v) is 3.20. The molecule has 0 saturated carbocycles. The minimum Gasteiger partial charge on any atom is -0.360 e. The molecule has 1 heterocycles. The van der Waals surface area contributed by atoms with Gasteiger partial charge in [0, 0.05) is 34.3 Å². The summed E-state index contributed by atoms with van der Waals surface area (Å²) in [5.74, 6) is 0. The second-order valence-corrected chi connectivity index (χ2v) is 5.63. The molecule has 1 unspecified atom stereocenters. The molecule has 4 nitrogen and oxygen atoms in total. The lowest BCUT2D eigenvalue weighted by molar-refractivity contribution is 0.376. The zero-order valence-electron chi connectivity index (χ0n) is 13.5. The number of thiocarbonyl (C=S) groups is 1. The van der Waals surface area contributed by atoms with Gasteiger partial charge in [-0.05, 0) is 51.2 Å². The summed E-state index contributed by atoms with van der Waals surface area (Å²) >= 11 is 5.19. The van der Waals surface area contributed by atoms with Crippen LogP contribution >= 0.6 is 12.2 Å². The Balaban J connectivity index is 0.00000127. The van der Waals surface area contributed by atoms with Crippen molar-refractivity contribution in [3.63, 3.8) is 0 Å². The number of alkyl halides is 2. The number of hydrogen-bond donors (Lipinski definition) is 3. The van der Waals surface area contributed by atoms with Crippen LogP contribution in [0.15, 0.2) is 29.1 Å². The molecule has 2 rings (SSSR count). The van der Waals surface area contributed by atoms with E-state index in [9.17, 15) is 13.6 Å². The lowest BCUT2D eigenvalue weighted by Gasteiger charge is -2.14. The Morgan fingerprint density at radius 3 is 2.43 bits per heavy atom. The fourth-order valence-electron chi connectivity index (χ4n) is 2.12. The van der Waals surface area contributed by atoms with Crippen LogP contribution in [-0.2, 0) is 0 Å². The fourth-order valence-corrected chi connectivity index (χ4v) is 2.47. The van der Waals surface area contributed by atoms with Crippen molar-refractivity contribution in [2.75, 3.05) is 12.5 Å². The maximum absolute atomic E-state index is 13.7. The van der Waals surface area contributed by atoms with Gasteiger partial charge in [0.1, 0.15) is 6.17 Å². The van der Waals surface area contributed by atoms with Crippen molar-refractivity contribution >= 4 is 33.9 Å². The molecule has 126 valence electrons. The van der Waals surface area contributed by atoms with E-state index in [-0.39, 0.29) is 11.6 Å². The Labute approximate surface area is 139 Å². The van der Waals surface area contributed by atoms with E-state index in [1.54, 1.807) is 18.2 Å². The van der Waals surface area contributed by atoms with E-state index in [1.807, 2.05) is 13.8 Å². The number of hydrogen-bond acceptors (Lipinski definition) is 2. The third-order valence-electron chi connectivity index (χ3n) is 2.98. The largest absolute Gasteiger partial charge is 0.360 e. The molecule has 23 heavy (non-hydrogen) atoms. The first kappa shape index (κ1) is 19.0. The van der Waals surface area contributed by atoms with Crippen LogP contribution in [-0.4, -0.2) is 23.3 Å². The molecule has 0 fully saturated rings. The van der Waals surface area contributed by atoms with Gasteiger partial charge in [0.15, 0.2) is 5.11 Å². The van der Waals surface area contributed by atoms with Gasteiger partial charge in [0.2, 0.25) is 5.56 Å². The number of aromatic nitrogens is 1. The smallest absolute Gasteiger partial charge is 0.248 e. The average molecular weight is 341 g/mol. The molecule has 3 N–H and O–H groups in total. The summed E-state index contributed by atoms with van der Waals surface area (Å²) in [5.41, 5.74) is 1.42. The van der Waals surface area contributed by atoms with Crippen LogP contribution < -0.4 is 16.2 Å². The van der Waals surface area contributed by atoms with Crippen molar-refractivity contribution in [1.29, 1.82) is 0 Å². The molecular weight excluding hydrogens is 320 g/mol. The molecule has 0 radical (unpaired) electrons. The van der Waals surface area contributed by atoms with Crippen LogP contribution in [0.3, 0.4) is 0 Å². The summed E-state index contributed by atoms with van der Waals surface area (Å²) in [6.45, 7) is 5.39. The normalized spacial score (nSPS) is 11.6. The lowest BCUT2D eigenvalue weighted by atomic mass is 10.1. The highest BCUT2D eigenvalue weighted by molar-refractivity contribution is 7.80. The van der Waals surface area contributed by atoms with Crippen molar-refractivity contribution < 1.29 is 8.78 Å². The quantitative estimate of drug-likeness (QED) is 0.743. The van der Waals surface area contributed by atoms with Crippen LogP contribution in [0.1, 0.15) is 32.5 Å². The summed E-state index contributed by atoms with van der Waals surface area (Å²) in [6, 6.07) is 6.83. The summed E-state index contributed by atoms with van der Waals surface area (Å²) < 4.78 is 23.2. The van der Waals surface area contributed by atoms with Gasteiger partial charge in [-0.2, -0.15) is 0 Å². The topological polar surface area (TPSA) is 56.9 Å². The van der Waals surface area contributed by atoms with E-state index in [0.29, 0.717) is 28.8 Å². The number of pyridine rings is 1. The molecule has 0 spiro atoms. The Bertz CT molecular complexity index is 729. The van der Waals surface area contributed by atoms with Gasteiger partial charge in [-0.3, -0.25) is 9.18 Å². The number of benzene rings is 1. The minimum atomic E-state index is -1.22. The maximum Gasteiger partial charge on any atom is 0.248 e. The standard InChI is InChI=1S/C15H18FN3OS.CH3F/c1-8(2)17-15(21)18-10-4-5-13-12(6-10)11(9(3)16)7-14(20)19-13;1-2/h4-9H,1-3H3,(H,19,20)(H2,17,18,21);1H3. The first-order chi connectivity index (χ1) is 10.9. The number of rotatable bonds is 3. The second-order valence-electron chi connectivity index (χ2n) is 5.22. The highest BCUT2D eigenvalue weighted by atomic mass is 32.1. The van der Waals surface area contributed by atoms with Crippen molar-refractivity contribution in [2.45, 2.75) is 33.0 Å². The van der Waals surface area contributed by atoms with E-state index in [0.717, 1.165) is 5.69 Å². The summed E-state index contributed by atoms with van der Waals surface area (Å²) in [5, 5.41) is 7.30.